The van der Waals surface area contributed by atoms with E-state index in [1.54, 1.807) is 12.1 Å². The van der Waals surface area contributed by atoms with Crippen LogP contribution in [0.15, 0.2) is 65.3 Å². The number of carbonyl (C=O) groups excluding carboxylic acids is 3. The highest BCUT2D eigenvalue weighted by atomic mass is 19.1. The molecule has 0 spiro atoms. The van der Waals surface area contributed by atoms with Crippen molar-refractivity contribution in [3.8, 4) is 17.6 Å². The molecular weight excluding hydrogens is 566 g/mol. The number of halogens is 2. The predicted octanol–water partition coefficient (Wildman–Crippen LogP) is 4.16. The number of rotatable bonds is 6. The van der Waals surface area contributed by atoms with Crippen LogP contribution in [0.2, 0.25) is 0 Å². The van der Waals surface area contributed by atoms with E-state index in [0.717, 1.165) is 43.5 Å². The molecule has 4 aliphatic rings. The first-order valence-electron chi connectivity index (χ1n) is 14.6. The van der Waals surface area contributed by atoms with E-state index in [-0.39, 0.29) is 30.2 Å². The molecule has 4 amide bonds. The fraction of sp³-hybridized carbons (Fsp3) is 0.324. The Hall–Kier alpha value is -4.75. The quantitative estimate of drug-likeness (QED) is 0.385. The second kappa shape index (κ2) is 11.7. The molecule has 8 nitrogen and oxygen atoms in total. The SMILES string of the molecule is CCC1=CC(C#CC2(CN3Cc4ccc(OC)c(F)c4C3=O)NC(=O)NC2=O)=CC=C(CN2CCc3ccc(F)cc3C2)C1. The van der Waals surface area contributed by atoms with E-state index < -0.39 is 29.2 Å². The molecule has 226 valence electrons. The lowest BCUT2D eigenvalue weighted by Crippen LogP contribution is -2.54. The van der Waals surface area contributed by atoms with Gasteiger partial charge < -0.3 is 15.0 Å². The van der Waals surface area contributed by atoms with Gasteiger partial charge in [0.15, 0.2) is 11.6 Å². The first-order chi connectivity index (χ1) is 21.2. The molecule has 0 aromatic heterocycles. The van der Waals surface area contributed by atoms with Crippen molar-refractivity contribution >= 4 is 17.8 Å². The number of ether oxygens (including phenoxy) is 1. The summed E-state index contributed by atoms with van der Waals surface area (Å²) in [5.74, 6) is 3.70. The number of imide groups is 1. The lowest BCUT2D eigenvalue weighted by Gasteiger charge is -2.29. The summed E-state index contributed by atoms with van der Waals surface area (Å²) in [6.07, 6.45) is 8.32. The van der Waals surface area contributed by atoms with Crippen molar-refractivity contribution < 1.29 is 27.9 Å². The minimum Gasteiger partial charge on any atom is -0.494 e. The summed E-state index contributed by atoms with van der Waals surface area (Å²) in [7, 11) is 1.32. The average molecular weight is 599 g/mol. The summed E-state index contributed by atoms with van der Waals surface area (Å²) in [5.41, 5.74) is 3.83. The maximum atomic E-state index is 14.9. The molecule has 3 aliphatic heterocycles. The second-order valence-corrected chi connectivity index (χ2v) is 11.5. The molecule has 1 unspecified atom stereocenters. The number of carbonyl (C=O) groups is 3. The molecule has 3 heterocycles. The van der Waals surface area contributed by atoms with Gasteiger partial charge in [-0.15, -0.1) is 0 Å². The molecule has 2 aromatic rings. The highest BCUT2D eigenvalue weighted by molar-refractivity contribution is 6.10. The van der Waals surface area contributed by atoms with Gasteiger partial charge in [0.05, 0.1) is 19.2 Å². The van der Waals surface area contributed by atoms with Crippen molar-refractivity contribution in [2.45, 2.75) is 44.8 Å². The van der Waals surface area contributed by atoms with Crippen LogP contribution in [0.25, 0.3) is 0 Å². The first kappa shape index (κ1) is 29.3. The van der Waals surface area contributed by atoms with Crippen LogP contribution in [-0.2, 0) is 24.3 Å². The van der Waals surface area contributed by atoms with Gasteiger partial charge in [0.1, 0.15) is 5.82 Å². The van der Waals surface area contributed by atoms with Gasteiger partial charge >= 0.3 is 6.03 Å². The molecule has 0 bridgehead atoms. The number of amides is 4. The van der Waals surface area contributed by atoms with Crippen LogP contribution in [0.5, 0.6) is 5.75 Å². The Morgan fingerprint density at radius 2 is 1.84 bits per heavy atom. The van der Waals surface area contributed by atoms with Crippen molar-refractivity contribution in [1.82, 2.24) is 20.4 Å². The number of hydrogen-bond donors (Lipinski definition) is 2. The van der Waals surface area contributed by atoms with Crippen LogP contribution in [-0.4, -0.2) is 59.9 Å². The summed E-state index contributed by atoms with van der Waals surface area (Å²) in [6, 6.07) is 7.34. The van der Waals surface area contributed by atoms with Gasteiger partial charge in [-0.3, -0.25) is 19.8 Å². The number of fused-ring (bicyclic) bond motifs is 2. The topological polar surface area (TPSA) is 91.0 Å². The molecule has 0 radical (unpaired) electrons. The number of allylic oxidation sites excluding steroid dienone is 5. The Morgan fingerprint density at radius 1 is 1.02 bits per heavy atom. The third-order valence-corrected chi connectivity index (χ3v) is 8.52. The van der Waals surface area contributed by atoms with Gasteiger partial charge in [-0.05, 0) is 66.3 Å². The lowest BCUT2D eigenvalue weighted by atomic mass is 9.97. The van der Waals surface area contributed by atoms with Crippen molar-refractivity contribution in [3.63, 3.8) is 0 Å². The summed E-state index contributed by atoms with van der Waals surface area (Å²) in [5, 5.41) is 4.83. The Kier molecular flexibility index (Phi) is 7.82. The Balaban J connectivity index is 1.24. The summed E-state index contributed by atoms with van der Waals surface area (Å²) >= 11 is 0. The summed E-state index contributed by atoms with van der Waals surface area (Å²) in [4.78, 5) is 42.2. The van der Waals surface area contributed by atoms with Crippen molar-refractivity contribution in [1.29, 1.82) is 0 Å². The van der Waals surface area contributed by atoms with E-state index in [4.69, 9.17) is 4.74 Å². The Labute approximate surface area is 254 Å². The van der Waals surface area contributed by atoms with Gasteiger partial charge in [-0.1, -0.05) is 48.1 Å². The standard InChI is InChI=1S/C34H32F2N4O4/c1-3-21-14-22(4-5-23(15-21)17-39-13-11-24-6-8-27(35)16-26(24)18-39)10-12-34(32(42)37-33(43)38-34)20-40-19-25-7-9-28(44-2)30(36)29(25)31(40)41/h4-9,14,16H,3,11,13,15,17-20H2,1-2H3,(H2,37,38,42,43). The van der Waals surface area contributed by atoms with E-state index in [1.807, 2.05) is 24.3 Å². The largest absolute Gasteiger partial charge is 0.494 e. The maximum absolute atomic E-state index is 14.9. The van der Waals surface area contributed by atoms with E-state index in [0.29, 0.717) is 17.7 Å². The summed E-state index contributed by atoms with van der Waals surface area (Å²) in [6.45, 7) is 4.15. The van der Waals surface area contributed by atoms with E-state index in [1.165, 1.54) is 35.3 Å². The van der Waals surface area contributed by atoms with Crippen LogP contribution >= 0.6 is 0 Å². The van der Waals surface area contributed by atoms with E-state index >= 15 is 0 Å². The van der Waals surface area contributed by atoms with Gasteiger partial charge in [0, 0.05) is 31.8 Å². The van der Waals surface area contributed by atoms with Gasteiger partial charge in [-0.25, -0.2) is 13.6 Å². The zero-order chi connectivity index (χ0) is 31.0. The molecule has 2 aromatic carbocycles. The van der Waals surface area contributed by atoms with Gasteiger partial charge in [-0.2, -0.15) is 0 Å². The number of urea groups is 1. The normalized spacial score (nSPS) is 21.2. The van der Waals surface area contributed by atoms with Crippen LogP contribution in [0.3, 0.4) is 0 Å². The molecule has 1 saturated heterocycles. The third kappa shape index (κ3) is 5.63. The molecule has 2 N–H and O–H groups in total. The molecule has 44 heavy (non-hydrogen) atoms. The maximum Gasteiger partial charge on any atom is 0.323 e. The minimum absolute atomic E-state index is 0.0504. The van der Waals surface area contributed by atoms with Crippen molar-refractivity contribution in [3.05, 3.63) is 99.2 Å². The number of nitrogens with one attached hydrogen (secondary N) is 2. The summed E-state index contributed by atoms with van der Waals surface area (Å²) < 4.78 is 33.8. The van der Waals surface area contributed by atoms with E-state index in [9.17, 15) is 23.2 Å². The molecular formula is C34H32F2N4O4. The van der Waals surface area contributed by atoms with Crippen molar-refractivity contribution in [2.24, 2.45) is 0 Å². The molecule has 6 rings (SSSR count). The first-order valence-corrected chi connectivity index (χ1v) is 14.6. The zero-order valence-corrected chi connectivity index (χ0v) is 24.6. The van der Waals surface area contributed by atoms with Gasteiger partial charge in [0.2, 0.25) is 5.54 Å². The smallest absolute Gasteiger partial charge is 0.323 e. The molecule has 1 atom stereocenters. The average Bonchev–Trinajstić information content (AvgIpc) is 3.37. The highest BCUT2D eigenvalue weighted by Crippen LogP contribution is 2.32. The zero-order valence-electron chi connectivity index (χ0n) is 24.6. The number of methoxy groups -OCH3 is 1. The number of benzene rings is 2. The van der Waals surface area contributed by atoms with Crippen molar-refractivity contribution in [2.75, 3.05) is 26.7 Å². The number of nitrogens with zero attached hydrogens (tertiary/aromatic N) is 2. The second-order valence-electron chi connectivity index (χ2n) is 11.5. The van der Waals surface area contributed by atoms with Crippen LogP contribution in [0.4, 0.5) is 13.6 Å². The highest BCUT2D eigenvalue weighted by Gasteiger charge is 2.49. The van der Waals surface area contributed by atoms with Crippen LogP contribution in [0, 0.1) is 23.5 Å². The van der Waals surface area contributed by atoms with E-state index in [2.05, 4.69) is 34.3 Å². The molecule has 1 fully saturated rings. The monoisotopic (exact) mass is 598 g/mol. The number of hydrogen-bond acceptors (Lipinski definition) is 5. The fourth-order valence-electron chi connectivity index (χ4n) is 6.17. The predicted molar refractivity (Wildman–Crippen MR) is 159 cm³/mol. The molecule has 0 saturated carbocycles. The molecule has 10 heteroatoms. The minimum atomic E-state index is -1.72. The molecule has 1 aliphatic carbocycles. The Morgan fingerprint density at radius 3 is 2.59 bits per heavy atom. The lowest BCUT2D eigenvalue weighted by molar-refractivity contribution is -0.122. The van der Waals surface area contributed by atoms with Crippen LogP contribution < -0.4 is 15.4 Å². The third-order valence-electron chi connectivity index (χ3n) is 8.52. The van der Waals surface area contributed by atoms with Gasteiger partial charge in [0.25, 0.3) is 11.8 Å². The van der Waals surface area contributed by atoms with Crippen LogP contribution in [0.1, 0.15) is 46.8 Å². The fourth-order valence-corrected chi connectivity index (χ4v) is 6.17. The Bertz CT molecular complexity index is 1730.